The monoisotopic (exact) mass is 740 g/mol. The number of benzene rings is 6. The number of nitrogens with zero attached hydrogens (tertiary/aromatic N) is 4. The Labute approximate surface area is 329 Å². The molecule has 0 aliphatic carbocycles. The summed E-state index contributed by atoms with van der Waals surface area (Å²) in [5.74, 6) is 12.6. The third-order valence-electron chi connectivity index (χ3n) is 8.02. The minimum absolute atomic E-state index is 0.548. The van der Waals surface area contributed by atoms with Crippen LogP contribution in [0.25, 0.3) is 0 Å². The summed E-state index contributed by atoms with van der Waals surface area (Å²) in [6.45, 7) is 0. The molecule has 0 atom stereocenters. The molecule has 8 nitrogen and oxygen atoms in total. The molecule has 2 amide bonds. The third kappa shape index (κ3) is 11.7. The maximum absolute atomic E-state index is 11.9. The van der Waals surface area contributed by atoms with Crippen molar-refractivity contribution in [1.82, 2.24) is 9.80 Å². The van der Waals surface area contributed by atoms with Crippen LogP contribution in [-0.2, 0) is 20.8 Å². The van der Waals surface area contributed by atoms with Crippen molar-refractivity contribution in [3.05, 3.63) is 203 Å². The van der Waals surface area contributed by atoms with Gasteiger partial charge in [-0.1, -0.05) is 169 Å². The number of carbonyl (C=O) groups is 2. The summed E-state index contributed by atoms with van der Waals surface area (Å²) in [5, 5.41) is 32.9. The lowest BCUT2D eigenvalue weighted by atomic mass is 9.86. The Hall–Kier alpha value is -7.10. The van der Waals surface area contributed by atoms with Gasteiger partial charge in [0, 0.05) is 50.4 Å². The highest BCUT2D eigenvalue weighted by Gasteiger charge is 2.30. The third-order valence-corrected chi connectivity index (χ3v) is 8.02. The van der Waals surface area contributed by atoms with Crippen molar-refractivity contribution in [2.75, 3.05) is 28.2 Å². The Morgan fingerprint density at radius 3 is 0.911 bits per heavy atom. The first-order valence-corrected chi connectivity index (χ1v) is 17.7. The van der Waals surface area contributed by atoms with E-state index >= 15 is 0 Å². The van der Waals surface area contributed by atoms with E-state index in [1.54, 1.807) is 28.2 Å². The van der Waals surface area contributed by atoms with Crippen molar-refractivity contribution in [2.45, 2.75) is 11.2 Å². The van der Waals surface area contributed by atoms with Gasteiger partial charge in [-0.05, 0) is 24.3 Å². The molecule has 0 fully saturated rings. The number of rotatable bonds is 8. The highest BCUT2D eigenvalue weighted by Crippen LogP contribution is 2.31. The van der Waals surface area contributed by atoms with Gasteiger partial charge in [-0.25, -0.2) is 0 Å². The van der Waals surface area contributed by atoms with E-state index in [1.807, 2.05) is 170 Å². The average Bonchev–Trinajstić information content (AvgIpc) is 3.26. The summed E-state index contributed by atoms with van der Waals surface area (Å²) in [5.41, 5.74) is 1.96. The average molecular weight is 741 g/mol. The number of hydrogen-bond donors (Lipinski definition) is 2. The van der Waals surface area contributed by atoms with Gasteiger partial charge in [-0.15, -0.1) is 10.2 Å². The topological polar surface area (TPSA) is 106 Å². The standard InChI is InChI=1S/C42H30N2O2.2C3H7NO/c45-41(35-19-5-1-6-20-35,36-21-7-2-8-22-36)31-29-33-17-13-15-27-39(33)43-44-40-28-16-14-18-34(40)30-32-42(46,37-23-9-3-10-24-37)38-25-11-4-12-26-38;2*1-4(2)3-5/h1-28,45-46H;2*3H,1-2H3. The van der Waals surface area contributed by atoms with Crippen LogP contribution in [0.4, 0.5) is 11.4 Å². The van der Waals surface area contributed by atoms with Crippen LogP contribution in [0, 0.1) is 23.7 Å². The first-order valence-electron chi connectivity index (χ1n) is 17.7. The fourth-order valence-electron chi connectivity index (χ4n) is 5.10. The molecular formula is C48H44N4O4. The number of carbonyl (C=O) groups excluding carboxylic acids is 2. The highest BCUT2D eigenvalue weighted by molar-refractivity contribution is 5.60. The van der Waals surface area contributed by atoms with Crippen molar-refractivity contribution in [1.29, 1.82) is 0 Å². The van der Waals surface area contributed by atoms with Gasteiger partial charge in [0.05, 0.1) is 11.1 Å². The molecule has 2 N–H and O–H groups in total. The summed E-state index contributed by atoms with van der Waals surface area (Å²) >= 11 is 0. The molecular weight excluding hydrogens is 697 g/mol. The number of amides is 2. The molecule has 0 bridgehead atoms. The van der Waals surface area contributed by atoms with Gasteiger partial charge >= 0.3 is 0 Å². The molecule has 0 aliphatic heterocycles. The lowest BCUT2D eigenvalue weighted by Crippen LogP contribution is -2.25. The normalized spacial score (nSPS) is 10.5. The molecule has 0 saturated heterocycles. The zero-order valence-electron chi connectivity index (χ0n) is 31.8. The number of hydrogen-bond acceptors (Lipinski definition) is 6. The van der Waals surface area contributed by atoms with Crippen LogP contribution in [0.15, 0.2) is 180 Å². The summed E-state index contributed by atoms with van der Waals surface area (Å²) in [6, 6.07) is 52.4. The summed E-state index contributed by atoms with van der Waals surface area (Å²) in [6.07, 6.45) is 1.50. The first kappa shape index (κ1) is 41.7. The van der Waals surface area contributed by atoms with Gasteiger partial charge in [-0.3, -0.25) is 9.59 Å². The molecule has 6 aromatic rings. The maximum Gasteiger partial charge on any atom is 0.209 e. The van der Waals surface area contributed by atoms with Gasteiger partial charge < -0.3 is 20.0 Å². The lowest BCUT2D eigenvalue weighted by Gasteiger charge is -2.23. The van der Waals surface area contributed by atoms with E-state index in [2.05, 4.69) is 33.9 Å². The first-order chi connectivity index (χ1) is 27.1. The number of azo groups is 1. The molecule has 0 radical (unpaired) electrons. The highest BCUT2D eigenvalue weighted by atomic mass is 16.3. The Morgan fingerprint density at radius 1 is 0.429 bits per heavy atom. The van der Waals surface area contributed by atoms with Crippen molar-refractivity contribution in [3.8, 4) is 23.7 Å². The largest absolute Gasteiger partial charge is 0.369 e. The van der Waals surface area contributed by atoms with Crippen LogP contribution in [0.1, 0.15) is 33.4 Å². The number of aliphatic hydroxyl groups is 2. The molecule has 8 heteroatoms. The summed E-state index contributed by atoms with van der Waals surface area (Å²) in [7, 11) is 6.75. The maximum atomic E-state index is 11.9. The smallest absolute Gasteiger partial charge is 0.209 e. The molecule has 6 rings (SSSR count). The van der Waals surface area contributed by atoms with Gasteiger partial charge in [0.25, 0.3) is 0 Å². The van der Waals surface area contributed by atoms with E-state index in [9.17, 15) is 19.8 Å². The molecule has 56 heavy (non-hydrogen) atoms. The molecule has 0 spiro atoms. The Bertz CT molecular complexity index is 2050. The van der Waals surface area contributed by atoms with E-state index < -0.39 is 11.2 Å². The Balaban J connectivity index is 0.000000620. The van der Waals surface area contributed by atoms with Crippen molar-refractivity contribution in [2.24, 2.45) is 10.2 Å². The fraction of sp³-hybridized carbons (Fsp3) is 0.125. The second-order valence-electron chi connectivity index (χ2n) is 12.8. The van der Waals surface area contributed by atoms with E-state index in [4.69, 9.17) is 0 Å². The van der Waals surface area contributed by atoms with Gasteiger partial charge in [0.2, 0.25) is 12.8 Å². The van der Waals surface area contributed by atoms with Gasteiger partial charge in [0.1, 0.15) is 11.4 Å². The second-order valence-corrected chi connectivity index (χ2v) is 12.8. The predicted octanol–water partition coefficient (Wildman–Crippen LogP) is 8.09. The molecule has 0 unspecified atom stereocenters. The lowest BCUT2D eigenvalue weighted by molar-refractivity contribution is -0.116. The minimum Gasteiger partial charge on any atom is -0.369 e. The van der Waals surface area contributed by atoms with Gasteiger partial charge in [-0.2, -0.15) is 0 Å². The molecule has 280 valence electrons. The Morgan fingerprint density at radius 2 is 0.661 bits per heavy atom. The van der Waals surface area contributed by atoms with Crippen molar-refractivity contribution < 1.29 is 19.8 Å². The van der Waals surface area contributed by atoms with E-state index in [-0.39, 0.29) is 0 Å². The molecule has 0 aromatic heterocycles. The second kappa shape index (κ2) is 21.0. The van der Waals surface area contributed by atoms with Gasteiger partial charge in [0.15, 0.2) is 11.2 Å². The molecule has 0 aliphatic rings. The summed E-state index contributed by atoms with van der Waals surface area (Å²) < 4.78 is 0. The van der Waals surface area contributed by atoms with Crippen LogP contribution in [0.3, 0.4) is 0 Å². The van der Waals surface area contributed by atoms with Crippen LogP contribution in [-0.4, -0.2) is 61.0 Å². The van der Waals surface area contributed by atoms with Crippen LogP contribution < -0.4 is 0 Å². The summed E-state index contributed by atoms with van der Waals surface area (Å²) in [4.78, 5) is 21.8. The van der Waals surface area contributed by atoms with E-state index in [0.29, 0.717) is 44.8 Å². The SMILES string of the molecule is CN(C)C=O.CN(C)C=O.OC(C#Cc1ccccc1N=Nc1ccccc1C#CC(O)(c1ccccc1)c1ccccc1)(c1ccccc1)c1ccccc1. The van der Waals surface area contributed by atoms with Crippen LogP contribution in [0.2, 0.25) is 0 Å². The van der Waals surface area contributed by atoms with Crippen molar-refractivity contribution >= 4 is 24.2 Å². The Kier molecular flexibility index (Phi) is 15.6. The zero-order chi connectivity index (χ0) is 40.2. The fourth-order valence-corrected chi connectivity index (χ4v) is 5.10. The molecule has 0 saturated carbocycles. The zero-order valence-corrected chi connectivity index (χ0v) is 31.8. The van der Waals surface area contributed by atoms with Crippen LogP contribution in [0.5, 0.6) is 0 Å². The van der Waals surface area contributed by atoms with Crippen molar-refractivity contribution in [3.63, 3.8) is 0 Å². The van der Waals surface area contributed by atoms with Crippen LogP contribution >= 0.6 is 0 Å². The quantitative estimate of drug-likeness (QED) is 0.0935. The van der Waals surface area contributed by atoms with E-state index in [0.717, 1.165) is 12.8 Å². The molecule has 6 aromatic carbocycles. The molecule has 0 heterocycles. The van der Waals surface area contributed by atoms with E-state index in [1.165, 1.54) is 9.80 Å². The predicted molar refractivity (Wildman–Crippen MR) is 222 cm³/mol. The minimum atomic E-state index is -1.52.